The first-order valence-electron chi connectivity index (χ1n) is 6.37. The van der Waals surface area contributed by atoms with Crippen LogP contribution in [0.3, 0.4) is 0 Å². The first-order valence-corrected chi connectivity index (χ1v) is 7.16. The summed E-state index contributed by atoms with van der Waals surface area (Å²) in [6.45, 7) is -0.220. The van der Waals surface area contributed by atoms with E-state index >= 15 is 0 Å². The Morgan fingerprint density at radius 3 is 2.74 bits per heavy atom. The molecule has 19 heavy (non-hydrogen) atoms. The number of hydrogen-bond acceptors (Lipinski definition) is 3. The number of halogens is 1. The summed E-state index contributed by atoms with van der Waals surface area (Å²) in [6, 6.07) is 7.26. The van der Waals surface area contributed by atoms with Crippen LogP contribution in [-0.2, 0) is 14.3 Å². The first-order chi connectivity index (χ1) is 9.15. The lowest BCUT2D eigenvalue weighted by Crippen LogP contribution is -2.23. The fraction of sp³-hybridized carbons (Fsp3) is 0.429. The van der Waals surface area contributed by atoms with Gasteiger partial charge >= 0.3 is 5.97 Å². The molecule has 4 nitrogen and oxygen atoms in total. The molecule has 0 atom stereocenters. The second kappa shape index (κ2) is 6.70. The van der Waals surface area contributed by atoms with Crippen molar-refractivity contribution in [1.29, 1.82) is 0 Å². The summed E-state index contributed by atoms with van der Waals surface area (Å²) in [5.74, 6) is -0.579. The molecular formula is C14H16BrNO3. The summed E-state index contributed by atoms with van der Waals surface area (Å²) in [4.78, 5) is 23.3. The fourth-order valence-electron chi connectivity index (χ4n) is 2.18. The Morgan fingerprint density at radius 2 is 2.05 bits per heavy atom. The topological polar surface area (TPSA) is 55.4 Å². The smallest absolute Gasteiger partial charge is 0.309 e. The Labute approximate surface area is 120 Å². The van der Waals surface area contributed by atoms with Gasteiger partial charge in [0.05, 0.1) is 5.92 Å². The van der Waals surface area contributed by atoms with Gasteiger partial charge in [0.15, 0.2) is 6.61 Å². The molecule has 0 unspecified atom stereocenters. The van der Waals surface area contributed by atoms with E-state index in [2.05, 4.69) is 21.2 Å². The van der Waals surface area contributed by atoms with Crippen molar-refractivity contribution in [1.82, 2.24) is 0 Å². The molecule has 1 aromatic rings. The second-order valence-electron chi connectivity index (χ2n) is 4.65. The number of carbonyl (C=O) groups is 2. The molecule has 1 saturated carbocycles. The van der Waals surface area contributed by atoms with Crippen molar-refractivity contribution in [2.24, 2.45) is 5.92 Å². The van der Waals surface area contributed by atoms with Gasteiger partial charge in [-0.1, -0.05) is 34.8 Å². The molecule has 1 fully saturated rings. The third-order valence-corrected chi connectivity index (χ3v) is 3.64. The Balaban J connectivity index is 1.76. The van der Waals surface area contributed by atoms with E-state index in [-0.39, 0.29) is 24.4 Å². The van der Waals surface area contributed by atoms with Crippen molar-refractivity contribution < 1.29 is 14.3 Å². The average molecular weight is 326 g/mol. The van der Waals surface area contributed by atoms with Crippen molar-refractivity contribution in [2.45, 2.75) is 25.7 Å². The minimum absolute atomic E-state index is 0.0151. The van der Waals surface area contributed by atoms with Crippen molar-refractivity contribution in [3.05, 3.63) is 28.7 Å². The highest BCUT2D eigenvalue weighted by Crippen LogP contribution is 2.25. The molecule has 1 N–H and O–H groups in total. The van der Waals surface area contributed by atoms with Gasteiger partial charge in [-0.05, 0) is 31.0 Å². The average Bonchev–Trinajstić information content (AvgIpc) is 2.90. The molecule has 0 aromatic heterocycles. The van der Waals surface area contributed by atoms with Crippen LogP contribution in [-0.4, -0.2) is 18.5 Å². The van der Waals surface area contributed by atoms with Crippen molar-refractivity contribution in [2.75, 3.05) is 11.9 Å². The number of amides is 1. The molecule has 1 aliphatic carbocycles. The van der Waals surface area contributed by atoms with E-state index in [0.717, 1.165) is 30.2 Å². The number of esters is 1. The van der Waals surface area contributed by atoms with Crippen LogP contribution >= 0.6 is 15.9 Å². The second-order valence-corrected chi connectivity index (χ2v) is 5.56. The lowest BCUT2D eigenvalue weighted by molar-refractivity contribution is -0.151. The number of rotatable bonds is 4. The SMILES string of the molecule is O=C(COC(=O)C1CCCC1)Nc1cccc(Br)c1. The quantitative estimate of drug-likeness (QED) is 0.865. The van der Waals surface area contributed by atoms with Crippen LogP contribution < -0.4 is 5.32 Å². The van der Waals surface area contributed by atoms with Crippen molar-refractivity contribution >= 4 is 33.5 Å². The standard InChI is InChI=1S/C14H16BrNO3/c15-11-6-3-7-12(8-11)16-13(17)9-19-14(18)10-4-1-2-5-10/h3,6-8,10H,1-2,4-5,9H2,(H,16,17). The van der Waals surface area contributed by atoms with E-state index in [1.807, 2.05) is 12.1 Å². The first kappa shape index (κ1) is 14.1. The van der Waals surface area contributed by atoms with E-state index in [4.69, 9.17) is 4.74 Å². The summed E-state index contributed by atoms with van der Waals surface area (Å²) < 4.78 is 5.91. The van der Waals surface area contributed by atoms with Crippen molar-refractivity contribution in [3.8, 4) is 0 Å². The van der Waals surface area contributed by atoms with E-state index in [0.29, 0.717) is 5.69 Å². The molecular weight excluding hydrogens is 310 g/mol. The number of nitrogens with one attached hydrogen (secondary N) is 1. The number of benzene rings is 1. The Bertz CT molecular complexity index is 470. The number of anilines is 1. The Hall–Kier alpha value is -1.36. The van der Waals surface area contributed by atoms with Crippen LogP contribution in [0.2, 0.25) is 0 Å². The molecule has 0 aliphatic heterocycles. The van der Waals surface area contributed by atoms with Gasteiger partial charge in [-0.15, -0.1) is 0 Å². The molecule has 1 aromatic carbocycles. The van der Waals surface area contributed by atoms with Gasteiger partial charge < -0.3 is 10.1 Å². The van der Waals surface area contributed by atoms with Gasteiger partial charge in [-0.3, -0.25) is 9.59 Å². The molecule has 1 aliphatic rings. The third kappa shape index (κ3) is 4.35. The summed E-state index contributed by atoms with van der Waals surface area (Å²) >= 11 is 3.32. The lowest BCUT2D eigenvalue weighted by Gasteiger charge is -2.10. The Morgan fingerprint density at radius 1 is 1.32 bits per heavy atom. The number of hydrogen-bond donors (Lipinski definition) is 1. The van der Waals surface area contributed by atoms with Crippen LogP contribution in [0, 0.1) is 5.92 Å². The maximum atomic E-state index is 11.6. The van der Waals surface area contributed by atoms with E-state index in [1.165, 1.54) is 0 Å². The largest absolute Gasteiger partial charge is 0.455 e. The lowest BCUT2D eigenvalue weighted by atomic mass is 10.1. The molecule has 0 heterocycles. The van der Waals surface area contributed by atoms with Gasteiger partial charge in [0.25, 0.3) is 5.91 Å². The van der Waals surface area contributed by atoms with Gasteiger partial charge in [0.2, 0.25) is 0 Å². The van der Waals surface area contributed by atoms with Gasteiger partial charge in [0, 0.05) is 10.2 Å². The van der Waals surface area contributed by atoms with Crippen LogP contribution in [0.5, 0.6) is 0 Å². The minimum Gasteiger partial charge on any atom is -0.455 e. The highest BCUT2D eigenvalue weighted by Gasteiger charge is 2.24. The molecule has 0 radical (unpaired) electrons. The molecule has 1 amide bonds. The van der Waals surface area contributed by atoms with Gasteiger partial charge in [0.1, 0.15) is 0 Å². The van der Waals surface area contributed by atoms with Gasteiger partial charge in [-0.2, -0.15) is 0 Å². The van der Waals surface area contributed by atoms with Crippen LogP contribution in [0.25, 0.3) is 0 Å². The predicted octanol–water partition coefficient (Wildman–Crippen LogP) is 3.12. The summed E-state index contributed by atoms with van der Waals surface area (Å²) in [5.41, 5.74) is 0.677. The zero-order valence-electron chi connectivity index (χ0n) is 10.5. The van der Waals surface area contributed by atoms with Crippen LogP contribution in [0.4, 0.5) is 5.69 Å². The Kier molecular flexibility index (Phi) is 4.96. The van der Waals surface area contributed by atoms with E-state index < -0.39 is 0 Å². The molecule has 102 valence electrons. The summed E-state index contributed by atoms with van der Waals surface area (Å²) in [7, 11) is 0. The molecule has 0 spiro atoms. The van der Waals surface area contributed by atoms with Crippen LogP contribution in [0.15, 0.2) is 28.7 Å². The highest BCUT2D eigenvalue weighted by molar-refractivity contribution is 9.10. The maximum Gasteiger partial charge on any atom is 0.309 e. The molecule has 0 bridgehead atoms. The maximum absolute atomic E-state index is 11.6. The normalized spacial score (nSPS) is 15.2. The zero-order valence-corrected chi connectivity index (χ0v) is 12.1. The summed E-state index contributed by atoms with van der Waals surface area (Å²) in [6.07, 6.45) is 3.91. The molecule has 2 rings (SSSR count). The minimum atomic E-state index is -0.315. The predicted molar refractivity (Wildman–Crippen MR) is 75.7 cm³/mol. The zero-order chi connectivity index (χ0) is 13.7. The third-order valence-electron chi connectivity index (χ3n) is 3.14. The highest BCUT2D eigenvalue weighted by atomic mass is 79.9. The van der Waals surface area contributed by atoms with Crippen LogP contribution in [0.1, 0.15) is 25.7 Å². The van der Waals surface area contributed by atoms with Gasteiger partial charge in [-0.25, -0.2) is 0 Å². The summed E-state index contributed by atoms with van der Waals surface area (Å²) in [5, 5.41) is 2.68. The van der Waals surface area contributed by atoms with E-state index in [9.17, 15) is 9.59 Å². The molecule has 5 heteroatoms. The fourth-order valence-corrected chi connectivity index (χ4v) is 2.58. The number of carbonyl (C=O) groups excluding carboxylic acids is 2. The monoisotopic (exact) mass is 325 g/mol. The van der Waals surface area contributed by atoms with E-state index in [1.54, 1.807) is 12.1 Å². The molecule has 0 saturated heterocycles. The number of ether oxygens (including phenoxy) is 1. The van der Waals surface area contributed by atoms with Crippen molar-refractivity contribution in [3.63, 3.8) is 0 Å².